The Morgan fingerprint density at radius 3 is 2.29 bits per heavy atom. The van der Waals surface area contributed by atoms with Gasteiger partial charge in [-0.3, -0.25) is 14.9 Å². The van der Waals surface area contributed by atoms with Gasteiger partial charge in [0.1, 0.15) is 0 Å². The van der Waals surface area contributed by atoms with Crippen molar-refractivity contribution in [1.82, 2.24) is 9.99 Å². The number of carbonyl (C=O) groups excluding carboxylic acids is 1. The summed E-state index contributed by atoms with van der Waals surface area (Å²) in [5.74, 6) is -0.530. The molecule has 5 rings (SSSR count). The zero-order valence-corrected chi connectivity index (χ0v) is 18.5. The van der Waals surface area contributed by atoms with Crippen molar-refractivity contribution in [3.05, 3.63) is 130 Å². The Bertz CT molecular complexity index is 1560. The second kappa shape index (κ2) is 9.44. The SMILES string of the molecule is O=C(NN=Cc1c(-c2ccccc2)n(-c2ccccc2)c2ccccc12)c1cccc([N+](=O)[O-])c1. The van der Waals surface area contributed by atoms with Gasteiger partial charge in [0.2, 0.25) is 0 Å². The molecule has 4 aromatic carbocycles. The Kier molecular flexibility index (Phi) is 5.88. The highest BCUT2D eigenvalue weighted by Gasteiger charge is 2.18. The number of nitro groups is 1. The van der Waals surface area contributed by atoms with Crippen LogP contribution in [-0.2, 0) is 0 Å². The van der Waals surface area contributed by atoms with Crippen LogP contribution in [0.1, 0.15) is 15.9 Å². The monoisotopic (exact) mass is 460 g/mol. The number of amides is 1. The molecule has 1 N–H and O–H groups in total. The van der Waals surface area contributed by atoms with Crippen LogP contribution in [0.2, 0.25) is 0 Å². The number of carbonyl (C=O) groups is 1. The van der Waals surface area contributed by atoms with E-state index in [-0.39, 0.29) is 11.3 Å². The lowest BCUT2D eigenvalue weighted by Crippen LogP contribution is -2.17. The first kappa shape index (κ1) is 21.8. The van der Waals surface area contributed by atoms with Crippen LogP contribution in [0.3, 0.4) is 0 Å². The van der Waals surface area contributed by atoms with Crippen LogP contribution in [0, 0.1) is 10.1 Å². The molecule has 7 heteroatoms. The normalized spacial score (nSPS) is 11.1. The summed E-state index contributed by atoms with van der Waals surface area (Å²) < 4.78 is 2.17. The Labute approximate surface area is 201 Å². The Morgan fingerprint density at radius 1 is 0.857 bits per heavy atom. The maximum Gasteiger partial charge on any atom is 0.271 e. The molecule has 0 aliphatic rings. The lowest BCUT2D eigenvalue weighted by Gasteiger charge is -2.12. The fourth-order valence-corrected chi connectivity index (χ4v) is 4.10. The molecule has 0 atom stereocenters. The van der Waals surface area contributed by atoms with Crippen LogP contribution in [0.25, 0.3) is 27.8 Å². The number of hydrogen-bond donors (Lipinski definition) is 1. The van der Waals surface area contributed by atoms with Crippen molar-refractivity contribution < 1.29 is 9.72 Å². The quantitative estimate of drug-likeness (QED) is 0.192. The molecule has 0 spiro atoms. The summed E-state index contributed by atoms with van der Waals surface area (Å²) in [6, 6.07) is 33.6. The van der Waals surface area contributed by atoms with E-state index in [4.69, 9.17) is 0 Å². The van der Waals surface area contributed by atoms with Gasteiger partial charge >= 0.3 is 0 Å². The van der Waals surface area contributed by atoms with E-state index in [2.05, 4.69) is 15.1 Å². The van der Waals surface area contributed by atoms with E-state index in [0.29, 0.717) is 0 Å². The number of aromatic nitrogens is 1. The minimum Gasteiger partial charge on any atom is -0.309 e. The number of hydrogen-bond acceptors (Lipinski definition) is 4. The third-order valence-corrected chi connectivity index (χ3v) is 5.65. The van der Waals surface area contributed by atoms with E-state index >= 15 is 0 Å². The predicted octanol–water partition coefficient (Wildman–Crippen LogP) is 5.97. The fourth-order valence-electron chi connectivity index (χ4n) is 4.10. The predicted molar refractivity (Wildman–Crippen MR) is 137 cm³/mol. The van der Waals surface area contributed by atoms with Gasteiger partial charge in [-0.2, -0.15) is 5.10 Å². The van der Waals surface area contributed by atoms with Crippen LogP contribution in [0.15, 0.2) is 114 Å². The second-order valence-electron chi connectivity index (χ2n) is 7.82. The molecule has 170 valence electrons. The number of hydrazone groups is 1. The first-order valence-corrected chi connectivity index (χ1v) is 11.0. The summed E-state index contributed by atoms with van der Waals surface area (Å²) in [4.78, 5) is 23.1. The van der Waals surface area contributed by atoms with Crippen molar-refractivity contribution in [2.24, 2.45) is 5.10 Å². The van der Waals surface area contributed by atoms with E-state index in [0.717, 1.165) is 33.4 Å². The largest absolute Gasteiger partial charge is 0.309 e. The van der Waals surface area contributed by atoms with Gasteiger partial charge in [-0.15, -0.1) is 0 Å². The van der Waals surface area contributed by atoms with Crippen LogP contribution in [0.4, 0.5) is 5.69 Å². The third-order valence-electron chi connectivity index (χ3n) is 5.65. The lowest BCUT2D eigenvalue weighted by molar-refractivity contribution is -0.384. The highest BCUT2D eigenvalue weighted by atomic mass is 16.6. The van der Waals surface area contributed by atoms with E-state index in [1.54, 1.807) is 6.21 Å². The third kappa shape index (κ3) is 4.30. The van der Waals surface area contributed by atoms with Crippen LogP contribution < -0.4 is 5.43 Å². The lowest BCUT2D eigenvalue weighted by atomic mass is 10.1. The molecular formula is C28H20N4O3. The van der Waals surface area contributed by atoms with Gasteiger partial charge in [0.05, 0.1) is 22.3 Å². The molecule has 0 fully saturated rings. The minimum absolute atomic E-state index is 0.154. The molecule has 1 heterocycles. The fraction of sp³-hybridized carbons (Fsp3) is 0. The molecule has 1 aromatic heterocycles. The molecule has 0 radical (unpaired) electrons. The number of nitro benzene ring substituents is 1. The summed E-state index contributed by atoms with van der Waals surface area (Å²) >= 11 is 0. The number of nitrogens with zero attached hydrogens (tertiary/aromatic N) is 3. The van der Waals surface area contributed by atoms with Crippen molar-refractivity contribution in [1.29, 1.82) is 0 Å². The minimum atomic E-state index is -0.537. The first-order chi connectivity index (χ1) is 17.1. The van der Waals surface area contributed by atoms with Crippen LogP contribution >= 0.6 is 0 Å². The van der Waals surface area contributed by atoms with Crippen molar-refractivity contribution in [3.8, 4) is 16.9 Å². The highest BCUT2D eigenvalue weighted by Crippen LogP contribution is 2.35. The maximum absolute atomic E-state index is 12.6. The van der Waals surface area contributed by atoms with E-state index in [1.807, 2.05) is 84.9 Å². The van der Waals surface area contributed by atoms with Crippen LogP contribution in [0.5, 0.6) is 0 Å². The Morgan fingerprint density at radius 2 is 1.54 bits per heavy atom. The van der Waals surface area contributed by atoms with Crippen molar-refractivity contribution in [2.75, 3.05) is 0 Å². The number of nitrogens with one attached hydrogen (secondary N) is 1. The van der Waals surface area contributed by atoms with Crippen molar-refractivity contribution in [3.63, 3.8) is 0 Å². The van der Waals surface area contributed by atoms with E-state index in [9.17, 15) is 14.9 Å². The van der Waals surface area contributed by atoms with Crippen molar-refractivity contribution >= 4 is 28.7 Å². The van der Waals surface area contributed by atoms with Crippen LogP contribution in [-0.4, -0.2) is 21.6 Å². The van der Waals surface area contributed by atoms with Gasteiger partial charge in [0.25, 0.3) is 11.6 Å². The molecule has 7 nitrogen and oxygen atoms in total. The van der Waals surface area contributed by atoms with E-state index in [1.165, 1.54) is 24.3 Å². The molecule has 0 saturated heterocycles. The molecule has 0 unspecified atom stereocenters. The topological polar surface area (TPSA) is 89.5 Å². The number of non-ortho nitro benzene ring substituents is 1. The number of rotatable bonds is 6. The first-order valence-electron chi connectivity index (χ1n) is 11.0. The highest BCUT2D eigenvalue weighted by molar-refractivity contribution is 6.08. The van der Waals surface area contributed by atoms with E-state index < -0.39 is 10.8 Å². The maximum atomic E-state index is 12.6. The summed E-state index contributed by atoms with van der Waals surface area (Å²) in [5, 5.41) is 16.2. The summed E-state index contributed by atoms with van der Waals surface area (Å²) in [7, 11) is 0. The summed E-state index contributed by atoms with van der Waals surface area (Å²) in [6.07, 6.45) is 1.62. The Hall–Kier alpha value is -5.04. The zero-order chi connectivity index (χ0) is 24.2. The van der Waals surface area contributed by atoms with Gasteiger partial charge < -0.3 is 4.57 Å². The van der Waals surface area contributed by atoms with Gasteiger partial charge in [-0.1, -0.05) is 72.8 Å². The van der Waals surface area contributed by atoms with Crippen molar-refractivity contribution in [2.45, 2.75) is 0 Å². The summed E-state index contributed by atoms with van der Waals surface area (Å²) in [5.41, 5.74) is 7.29. The second-order valence-corrected chi connectivity index (χ2v) is 7.82. The smallest absolute Gasteiger partial charge is 0.271 e. The number of benzene rings is 4. The standard InChI is InChI=1S/C28H20N4O3/c33-28(21-12-9-15-23(18-21)32(34)35)30-29-19-25-24-16-7-8-17-26(24)31(22-13-5-2-6-14-22)27(25)20-10-3-1-4-11-20/h1-19H,(H,30,33). The molecule has 1 amide bonds. The number of para-hydroxylation sites is 2. The zero-order valence-electron chi connectivity index (χ0n) is 18.5. The molecule has 0 saturated carbocycles. The van der Waals surface area contributed by atoms with Gasteiger partial charge in [0.15, 0.2) is 0 Å². The summed E-state index contributed by atoms with van der Waals surface area (Å²) in [6.45, 7) is 0. The molecule has 0 aliphatic heterocycles. The van der Waals surface area contributed by atoms with Gasteiger partial charge in [0, 0.05) is 34.3 Å². The Balaban J connectivity index is 1.60. The number of fused-ring (bicyclic) bond motifs is 1. The molecular weight excluding hydrogens is 440 g/mol. The average Bonchev–Trinajstić information content (AvgIpc) is 3.24. The molecule has 0 aliphatic carbocycles. The van der Waals surface area contributed by atoms with Gasteiger partial charge in [-0.25, -0.2) is 5.43 Å². The van der Waals surface area contributed by atoms with Gasteiger partial charge in [-0.05, 0) is 29.8 Å². The average molecular weight is 460 g/mol. The molecule has 0 bridgehead atoms. The molecule has 35 heavy (non-hydrogen) atoms. The molecule has 5 aromatic rings.